The Labute approximate surface area is 104 Å². The maximum atomic E-state index is 13.6. The first-order valence-electron chi connectivity index (χ1n) is 5.99. The molecule has 0 spiro atoms. The lowest BCUT2D eigenvalue weighted by molar-refractivity contribution is -0.138. The highest BCUT2D eigenvalue weighted by Crippen LogP contribution is 2.36. The molecule has 0 amide bonds. The molecular weight excluding hydrogens is 246 g/mol. The van der Waals surface area contributed by atoms with E-state index in [4.69, 9.17) is 5.73 Å². The van der Waals surface area contributed by atoms with E-state index >= 15 is 0 Å². The van der Waals surface area contributed by atoms with Crippen LogP contribution in [0.3, 0.4) is 0 Å². The van der Waals surface area contributed by atoms with Crippen LogP contribution in [-0.4, -0.2) is 0 Å². The lowest BCUT2D eigenvalue weighted by Crippen LogP contribution is -2.19. The molecule has 1 aromatic rings. The van der Waals surface area contributed by atoms with Crippen molar-refractivity contribution in [2.24, 2.45) is 5.73 Å². The van der Waals surface area contributed by atoms with Gasteiger partial charge in [0, 0.05) is 11.6 Å². The molecule has 0 radical (unpaired) electrons. The summed E-state index contributed by atoms with van der Waals surface area (Å²) in [6, 6.07) is 2.04. The Hall–Kier alpha value is -1.10. The molecule has 1 rings (SSSR count). The molecule has 0 aliphatic rings. The third-order valence-electron chi connectivity index (χ3n) is 2.85. The van der Waals surface area contributed by atoms with Gasteiger partial charge in [-0.05, 0) is 18.6 Å². The molecule has 1 aromatic carbocycles. The molecule has 0 aliphatic carbocycles. The van der Waals surface area contributed by atoms with Gasteiger partial charge < -0.3 is 5.73 Å². The Morgan fingerprint density at radius 2 is 1.89 bits per heavy atom. The number of nitrogens with two attached hydrogens (primary N) is 1. The van der Waals surface area contributed by atoms with E-state index in [0.717, 1.165) is 31.0 Å². The van der Waals surface area contributed by atoms with Crippen molar-refractivity contribution in [3.63, 3.8) is 0 Å². The fourth-order valence-corrected chi connectivity index (χ4v) is 1.92. The van der Waals surface area contributed by atoms with Crippen LogP contribution in [0.5, 0.6) is 0 Å². The average Bonchev–Trinajstić information content (AvgIpc) is 2.27. The summed E-state index contributed by atoms with van der Waals surface area (Å²) < 4.78 is 51.8. The minimum Gasteiger partial charge on any atom is -0.324 e. The number of benzene rings is 1. The maximum absolute atomic E-state index is 13.6. The van der Waals surface area contributed by atoms with Crippen LogP contribution in [0.2, 0.25) is 0 Å². The van der Waals surface area contributed by atoms with Crippen LogP contribution in [0.4, 0.5) is 17.6 Å². The van der Waals surface area contributed by atoms with Gasteiger partial charge in [-0.1, -0.05) is 32.3 Å². The van der Waals surface area contributed by atoms with Gasteiger partial charge in [0.05, 0.1) is 5.56 Å². The molecule has 2 N–H and O–H groups in total. The van der Waals surface area contributed by atoms with Crippen LogP contribution in [0.25, 0.3) is 0 Å². The summed E-state index contributed by atoms with van der Waals surface area (Å²) in [5.41, 5.74) is 4.31. The van der Waals surface area contributed by atoms with E-state index in [-0.39, 0.29) is 0 Å². The first-order valence-corrected chi connectivity index (χ1v) is 5.99. The normalized spacial score (nSPS) is 13.7. The third-order valence-corrected chi connectivity index (χ3v) is 2.85. The molecule has 0 saturated heterocycles. The highest BCUT2D eigenvalue weighted by molar-refractivity contribution is 5.33. The molecule has 0 aliphatic heterocycles. The molecule has 0 aromatic heterocycles. The molecule has 0 unspecified atom stereocenters. The zero-order valence-corrected chi connectivity index (χ0v) is 10.2. The summed E-state index contributed by atoms with van der Waals surface area (Å²) in [6.07, 6.45) is -1.69. The van der Waals surface area contributed by atoms with Gasteiger partial charge >= 0.3 is 6.18 Å². The topological polar surface area (TPSA) is 26.0 Å². The van der Waals surface area contributed by atoms with Crippen molar-refractivity contribution < 1.29 is 17.6 Å². The van der Waals surface area contributed by atoms with Crippen LogP contribution >= 0.6 is 0 Å². The molecule has 5 heteroatoms. The predicted octanol–water partition coefficient (Wildman–Crippen LogP) is 4.42. The van der Waals surface area contributed by atoms with E-state index in [1.165, 1.54) is 0 Å². The molecule has 0 bridgehead atoms. The van der Waals surface area contributed by atoms with Gasteiger partial charge in [0.1, 0.15) is 5.82 Å². The van der Waals surface area contributed by atoms with Gasteiger partial charge in [-0.25, -0.2) is 4.39 Å². The predicted molar refractivity (Wildman–Crippen MR) is 62.5 cm³/mol. The van der Waals surface area contributed by atoms with E-state index in [1.807, 2.05) is 6.92 Å². The standard InChI is InChI=1S/C13H17F4N/c1-2-3-4-8-11(18)12-9(13(15,16)17)6-5-7-10(12)14/h5-7,11H,2-4,8,18H2,1H3/t11-/m0/s1. The van der Waals surface area contributed by atoms with Gasteiger partial charge in [-0.3, -0.25) is 0 Å². The summed E-state index contributed by atoms with van der Waals surface area (Å²) in [7, 11) is 0. The zero-order chi connectivity index (χ0) is 13.8. The van der Waals surface area contributed by atoms with E-state index < -0.39 is 29.2 Å². The Bertz CT molecular complexity index is 387. The molecule has 1 nitrogen and oxygen atoms in total. The van der Waals surface area contributed by atoms with Crippen molar-refractivity contribution >= 4 is 0 Å². The highest BCUT2D eigenvalue weighted by Gasteiger charge is 2.35. The molecule has 102 valence electrons. The van der Waals surface area contributed by atoms with Crippen molar-refractivity contribution in [3.8, 4) is 0 Å². The van der Waals surface area contributed by atoms with Crippen LogP contribution < -0.4 is 5.73 Å². The molecule has 18 heavy (non-hydrogen) atoms. The minimum atomic E-state index is -4.57. The highest BCUT2D eigenvalue weighted by atomic mass is 19.4. The van der Waals surface area contributed by atoms with Crippen molar-refractivity contribution in [1.29, 1.82) is 0 Å². The second kappa shape index (κ2) is 6.18. The van der Waals surface area contributed by atoms with E-state index in [9.17, 15) is 17.6 Å². The van der Waals surface area contributed by atoms with Gasteiger partial charge in [0.25, 0.3) is 0 Å². The first-order chi connectivity index (χ1) is 8.38. The zero-order valence-electron chi connectivity index (χ0n) is 10.2. The fourth-order valence-electron chi connectivity index (χ4n) is 1.92. The Morgan fingerprint density at radius 1 is 1.22 bits per heavy atom. The second-order valence-electron chi connectivity index (χ2n) is 4.30. The van der Waals surface area contributed by atoms with Crippen molar-refractivity contribution in [2.75, 3.05) is 0 Å². The van der Waals surface area contributed by atoms with E-state index in [0.29, 0.717) is 12.8 Å². The van der Waals surface area contributed by atoms with Crippen LogP contribution in [0.1, 0.15) is 49.8 Å². The largest absolute Gasteiger partial charge is 0.416 e. The summed E-state index contributed by atoms with van der Waals surface area (Å²) >= 11 is 0. The van der Waals surface area contributed by atoms with Crippen molar-refractivity contribution in [2.45, 2.75) is 44.8 Å². The molecule has 0 heterocycles. The lowest BCUT2D eigenvalue weighted by Gasteiger charge is -2.19. The Kier molecular flexibility index (Phi) is 5.14. The van der Waals surface area contributed by atoms with E-state index in [2.05, 4.69) is 0 Å². The maximum Gasteiger partial charge on any atom is 0.416 e. The molecule has 0 fully saturated rings. The van der Waals surface area contributed by atoms with Gasteiger partial charge in [-0.2, -0.15) is 13.2 Å². The summed E-state index contributed by atoms with van der Waals surface area (Å²) in [6.45, 7) is 1.98. The van der Waals surface area contributed by atoms with Crippen LogP contribution in [-0.2, 0) is 6.18 Å². The van der Waals surface area contributed by atoms with Gasteiger partial charge in [-0.15, -0.1) is 0 Å². The van der Waals surface area contributed by atoms with Crippen LogP contribution in [0, 0.1) is 5.82 Å². The van der Waals surface area contributed by atoms with E-state index in [1.54, 1.807) is 0 Å². The number of unbranched alkanes of at least 4 members (excludes halogenated alkanes) is 2. The van der Waals surface area contributed by atoms with Crippen LogP contribution in [0.15, 0.2) is 18.2 Å². The number of alkyl halides is 3. The second-order valence-corrected chi connectivity index (χ2v) is 4.30. The monoisotopic (exact) mass is 263 g/mol. The molecule has 0 saturated carbocycles. The minimum absolute atomic E-state index is 0.359. The molecule has 1 atom stereocenters. The number of hydrogen-bond donors (Lipinski definition) is 1. The Morgan fingerprint density at radius 3 is 2.44 bits per heavy atom. The summed E-state index contributed by atoms with van der Waals surface area (Å²) in [5, 5.41) is 0. The molecular formula is C13H17F4N. The SMILES string of the molecule is CCCCC[C@H](N)c1c(F)cccc1C(F)(F)F. The van der Waals surface area contributed by atoms with Gasteiger partial charge in [0.15, 0.2) is 0 Å². The lowest BCUT2D eigenvalue weighted by atomic mass is 9.95. The smallest absolute Gasteiger partial charge is 0.324 e. The van der Waals surface area contributed by atoms with Crippen molar-refractivity contribution in [1.82, 2.24) is 0 Å². The summed E-state index contributed by atoms with van der Waals surface area (Å²) in [5.74, 6) is -0.881. The Balaban J connectivity index is 2.99. The average molecular weight is 263 g/mol. The third kappa shape index (κ3) is 3.70. The number of rotatable bonds is 5. The number of halogens is 4. The van der Waals surface area contributed by atoms with Crippen molar-refractivity contribution in [3.05, 3.63) is 35.1 Å². The fraction of sp³-hybridized carbons (Fsp3) is 0.538. The quantitative estimate of drug-likeness (QED) is 0.617. The first kappa shape index (κ1) is 15.0. The summed E-state index contributed by atoms with van der Waals surface area (Å²) in [4.78, 5) is 0. The number of hydrogen-bond acceptors (Lipinski definition) is 1. The van der Waals surface area contributed by atoms with Gasteiger partial charge in [0.2, 0.25) is 0 Å².